The van der Waals surface area contributed by atoms with Crippen LogP contribution in [0.25, 0.3) is 0 Å². The first-order chi connectivity index (χ1) is 21.1. The molecule has 1 atom stereocenters. The Morgan fingerprint density at radius 1 is 0.395 bits per heavy atom. The minimum Gasteiger partial charge on any atom is -0.465 e. The van der Waals surface area contributed by atoms with Gasteiger partial charge < -0.3 is 4.74 Å². The molecule has 43 heavy (non-hydrogen) atoms. The van der Waals surface area contributed by atoms with Crippen molar-refractivity contribution in [2.45, 2.75) is 246 Å². The highest BCUT2D eigenvalue weighted by atomic mass is 16.5. The fourth-order valence-electron chi connectivity index (χ4n) is 6.61. The van der Waals surface area contributed by atoms with Gasteiger partial charge in [-0.15, -0.1) is 0 Å². The summed E-state index contributed by atoms with van der Waals surface area (Å²) >= 11 is 0. The number of carbonyl (C=O) groups is 1. The second-order valence-corrected chi connectivity index (χ2v) is 14.6. The predicted octanol–water partition coefficient (Wildman–Crippen LogP) is 14.9. The van der Waals surface area contributed by atoms with Gasteiger partial charge in [0.15, 0.2) is 0 Å². The zero-order valence-electron chi connectivity index (χ0n) is 30.6. The summed E-state index contributed by atoms with van der Waals surface area (Å²) < 4.78 is 5.92. The first kappa shape index (κ1) is 42.5. The van der Waals surface area contributed by atoms with Crippen LogP contribution in [0.5, 0.6) is 0 Å². The van der Waals surface area contributed by atoms with Crippen LogP contribution in [0, 0.1) is 5.41 Å². The van der Waals surface area contributed by atoms with Crippen LogP contribution in [-0.4, -0.2) is 12.6 Å². The molecule has 0 aromatic rings. The molecule has 0 saturated heterocycles. The Morgan fingerprint density at radius 3 is 0.953 bits per heavy atom. The van der Waals surface area contributed by atoms with E-state index in [1.54, 1.807) is 0 Å². The molecule has 0 rings (SSSR count). The second kappa shape index (κ2) is 34.3. The average molecular weight is 607 g/mol. The Hall–Kier alpha value is -0.530. The van der Waals surface area contributed by atoms with E-state index in [4.69, 9.17) is 4.74 Å². The van der Waals surface area contributed by atoms with Gasteiger partial charge in [-0.1, -0.05) is 220 Å². The third kappa shape index (κ3) is 32.7. The molecule has 0 spiro atoms. The van der Waals surface area contributed by atoms with Gasteiger partial charge in [-0.2, -0.15) is 0 Å². The summed E-state index contributed by atoms with van der Waals surface area (Å²) in [5.74, 6) is 0.0473. The fourth-order valence-corrected chi connectivity index (χ4v) is 6.61. The van der Waals surface area contributed by atoms with Crippen LogP contribution < -0.4 is 0 Å². The number of rotatable bonds is 36. The molecule has 0 aliphatic carbocycles. The Labute approximate surface area is 273 Å². The molecule has 2 heteroatoms. The third-order valence-electron chi connectivity index (χ3n) is 9.83. The van der Waals surface area contributed by atoms with Crippen LogP contribution in [-0.2, 0) is 9.53 Å². The number of esters is 1. The topological polar surface area (TPSA) is 26.3 Å². The molecular weight excluding hydrogens is 524 g/mol. The Balaban J connectivity index is 3.89. The molecule has 0 aromatic carbocycles. The van der Waals surface area contributed by atoms with Crippen molar-refractivity contribution in [1.29, 1.82) is 0 Å². The summed E-state index contributed by atoms with van der Waals surface area (Å²) in [5.41, 5.74) is 0.164. The van der Waals surface area contributed by atoms with Crippen molar-refractivity contribution in [3.05, 3.63) is 0 Å². The van der Waals surface area contributed by atoms with Gasteiger partial charge in [-0.3, -0.25) is 4.79 Å². The van der Waals surface area contributed by atoms with Crippen LogP contribution in [0.4, 0.5) is 0 Å². The molecule has 0 aliphatic rings. The van der Waals surface area contributed by atoms with Gasteiger partial charge in [0.05, 0.1) is 6.61 Å². The van der Waals surface area contributed by atoms with Crippen LogP contribution in [0.1, 0.15) is 246 Å². The van der Waals surface area contributed by atoms with Gasteiger partial charge in [-0.05, 0) is 19.3 Å². The number of hydrogen-bond donors (Lipinski definition) is 0. The van der Waals surface area contributed by atoms with Crippen LogP contribution in [0.3, 0.4) is 0 Å². The van der Waals surface area contributed by atoms with Gasteiger partial charge in [0.1, 0.15) is 0 Å². The van der Waals surface area contributed by atoms with Gasteiger partial charge in [0, 0.05) is 11.8 Å². The van der Waals surface area contributed by atoms with E-state index < -0.39 is 0 Å². The lowest BCUT2D eigenvalue weighted by Gasteiger charge is -2.29. The number of ether oxygens (including phenoxy) is 1. The number of carbonyl (C=O) groups excluding carboxylic acids is 1. The maximum absolute atomic E-state index is 12.6. The van der Waals surface area contributed by atoms with E-state index in [1.165, 1.54) is 205 Å². The minimum atomic E-state index is 0.0473. The zero-order valence-corrected chi connectivity index (χ0v) is 30.6. The maximum atomic E-state index is 12.6. The normalized spacial score (nSPS) is 12.9. The lowest BCUT2D eigenvalue weighted by Crippen LogP contribution is -2.25. The zero-order chi connectivity index (χ0) is 31.5. The van der Waals surface area contributed by atoms with E-state index in [1.807, 2.05) is 0 Å². The molecule has 0 bridgehead atoms. The molecule has 0 radical (unpaired) electrons. The molecule has 1 unspecified atom stereocenters. The van der Waals surface area contributed by atoms with Crippen LogP contribution >= 0.6 is 0 Å². The maximum Gasteiger partial charge on any atom is 0.305 e. The number of hydrogen-bond acceptors (Lipinski definition) is 2. The van der Waals surface area contributed by atoms with Crippen molar-refractivity contribution < 1.29 is 9.53 Å². The first-order valence-corrected chi connectivity index (χ1v) is 20.2. The van der Waals surface area contributed by atoms with Crippen molar-refractivity contribution >= 4 is 5.97 Å². The summed E-state index contributed by atoms with van der Waals surface area (Å²) in [5, 5.41) is 0. The van der Waals surface area contributed by atoms with Gasteiger partial charge >= 0.3 is 5.97 Å². The van der Waals surface area contributed by atoms with Crippen molar-refractivity contribution in [2.24, 2.45) is 5.41 Å². The fraction of sp³-hybridized carbons (Fsp3) is 0.976. The van der Waals surface area contributed by atoms with Crippen molar-refractivity contribution in [2.75, 3.05) is 6.61 Å². The highest BCUT2D eigenvalue weighted by Crippen LogP contribution is 2.32. The van der Waals surface area contributed by atoms with E-state index in [0.717, 1.165) is 6.42 Å². The van der Waals surface area contributed by atoms with Crippen LogP contribution in [0.2, 0.25) is 0 Å². The van der Waals surface area contributed by atoms with Crippen molar-refractivity contribution in [3.63, 3.8) is 0 Å². The highest BCUT2D eigenvalue weighted by Gasteiger charge is 2.25. The Bertz CT molecular complexity index is 544. The molecule has 0 fully saturated rings. The molecule has 0 N–H and O–H groups in total. The van der Waals surface area contributed by atoms with Gasteiger partial charge in [0.2, 0.25) is 0 Å². The van der Waals surface area contributed by atoms with Gasteiger partial charge in [-0.25, -0.2) is 0 Å². The minimum absolute atomic E-state index is 0.0473. The lowest BCUT2D eigenvalue weighted by molar-refractivity contribution is -0.147. The monoisotopic (exact) mass is 607 g/mol. The SMILES string of the molecule is CCCCCCCCCCCCCCCCCCCC(=O)OCC(C)(CCCCCCCC)CCCCCCCCCC. The van der Waals surface area contributed by atoms with E-state index in [-0.39, 0.29) is 11.4 Å². The van der Waals surface area contributed by atoms with Gasteiger partial charge in [0.25, 0.3) is 0 Å². The molecule has 0 saturated carbocycles. The van der Waals surface area contributed by atoms with E-state index >= 15 is 0 Å². The standard InChI is InChI=1S/C41H82O2/c1-5-8-11-14-17-19-20-21-22-23-24-25-26-27-28-30-33-36-40(42)43-39-41(4,37-34-31-16-13-10-7-3)38-35-32-29-18-15-12-9-6-2/h5-39H2,1-4H3. The first-order valence-electron chi connectivity index (χ1n) is 20.2. The molecule has 0 aliphatic heterocycles. The van der Waals surface area contributed by atoms with E-state index in [2.05, 4.69) is 27.7 Å². The summed E-state index contributed by atoms with van der Waals surface area (Å²) in [6.07, 6.45) is 45.3. The van der Waals surface area contributed by atoms with Crippen LogP contribution in [0.15, 0.2) is 0 Å². The molecular formula is C41H82O2. The Kier molecular flexibility index (Phi) is 33.9. The Morgan fingerprint density at radius 2 is 0.651 bits per heavy atom. The average Bonchev–Trinajstić information content (AvgIpc) is 3.01. The smallest absolute Gasteiger partial charge is 0.305 e. The molecule has 258 valence electrons. The quantitative estimate of drug-likeness (QED) is 0.0524. The summed E-state index contributed by atoms with van der Waals surface area (Å²) in [4.78, 5) is 12.6. The largest absolute Gasteiger partial charge is 0.465 e. The number of unbranched alkanes of at least 4 members (excludes halogenated alkanes) is 28. The highest BCUT2D eigenvalue weighted by molar-refractivity contribution is 5.69. The second-order valence-electron chi connectivity index (χ2n) is 14.6. The third-order valence-corrected chi connectivity index (χ3v) is 9.83. The molecule has 2 nitrogen and oxygen atoms in total. The van der Waals surface area contributed by atoms with Crippen molar-refractivity contribution in [3.8, 4) is 0 Å². The van der Waals surface area contributed by atoms with E-state index in [9.17, 15) is 4.79 Å². The molecule has 0 heterocycles. The van der Waals surface area contributed by atoms with Crippen molar-refractivity contribution in [1.82, 2.24) is 0 Å². The summed E-state index contributed by atoms with van der Waals surface area (Å²) in [6, 6.07) is 0. The van der Waals surface area contributed by atoms with E-state index in [0.29, 0.717) is 13.0 Å². The summed E-state index contributed by atoms with van der Waals surface area (Å²) in [6.45, 7) is 9.90. The lowest BCUT2D eigenvalue weighted by atomic mass is 9.80. The molecule has 0 aromatic heterocycles. The summed E-state index contributed by atoms with van der Waals surface area (Å²) in [7, 11) is 0. The molecule has 0 amide bonds. The predicted molar refractivity (Wildman–Crippen MR) is 193 cm³/mol.